The minimum absolute atomic E-state index is 1.87. The van der Waals surface area contributed by atoms with Gasteiger partial charge in [0.2, 0.25) is 0 Å². The molecule has 0 amide bonds. The summed E-state index contributed by atoms with van der Waals surface area (Å²) in [5.74, 6) is 0. The third kappa shape index (κ3) is 1.50. The van der Waals surface area contributed by atoms with Gasteiger partial charge < -0.3 is 0 Å². The van der Waals surface area contributed by atoms with E-state index < -0.39 is 11.0 Å². The van der Waals surface area contributed by atoms with E-state index in [-0.39, 0.29) is 0 Å². The topological polar surface area (TPSA) is 0 Å². The molecule has 0 nitrogen and oxygen atoms in total. The first-order valence-electron chi connectivity index (χ1n) is 1.78. The SMILES string of the molecule is Cl[Se]1(Cl)C=CC=C1. The second-order valence-corrected chi connectivity index (χ2v) is 10.8. The Labute approximate surface area is 53.5 Å². The van der Waals surface area contributed by atoms with Crippen molar-refractivity contribution in [2.45, 2.75) is 0 Å². The second-order valence-electron chi connectivity index (χ2n) is 1.21. The normalized spacial score (nSPS) is 28.3. The second kappa shape index (κ2) is 1.83. The molecule has 0 aliphatic carbocycles. The molecule has 1 heterocycles. The average molecular weight is 202 g/mol. The van der Waals surface area contributed by atoms with Gasteiger partial charge in [-0.15, -0.1) is 0 Å². The fourth-order valence-corrected chi connectivity index (χ4v) is 3.03. The van der Waals surface area contributed by atoms with Gasteiger partial charge in [0.1, 0.15) is 0 Å². The van der Waals surface area contributed by atoms with Gasteiger partial charge in [-0.25, -0.2) is 0 Å². The van der Waals surface area contributed by atoms with Crippen LogP contribution in [-0.2, 0) is 0 Å². The maximum absolute atomic E-state index is 5.72. The fourth-order valence-electron chi connectivity index (χ4n) is 0.346. The molecule has 0 saturated heterocycles. The molecule has 0 unspecified atom stereocenters. The first-order valence-corrected chi connectivity index (χ1v) is 8.26. The van der Waals surface area contributed by atoms with Gasteiger partial charge in [-0.05, 0) is 0 Å². The molecule has 0 fully saturated rings. The zero-order valence-corrected chi connectivity index (χ0v) is 6.70. The van der Waals surface area contributed by atoms with Crippen molar-refractivity contribution in [1.29, 1.82) is 0 Å². The van der Waals surface area contributed by atoms with Gasteiger partial charge in [-0.1, -0.05) is 0 Å². The summed E-state index contributed by atoms with van der Waals surface area (Å²) in [4.78, 5) is 3.75. The Kier molecular flexibility index (Phi) is 1.49. The van der Waals surface area contributed by atoms with E-state index >= 15 is 0 Å². The van der Waals surface area contributed by atoms with Crippen molar-refractivity contribution in [3.8, 4) is 0 Å². The number of rotatable bonds is 0. The summed E-state index contributed by atoms with van der Waals surface area (Å²) in [5.41, 5.74) is 0. The van der Waals surface area contributed by atoms with E-state index in [2.05, 4.69) is 0 Å². The summed E-state index contributed by atoms with van der Waals surface area (Å²) >= 11 is -2.11. The van der Waals surface area contributed by atoms with E-state index in [1.165, 1.54) is 0 Å². The molecule has 1 rings (SSSR count). The molecule has 7 heavy (non-hydrogen) atoms. The summed E-state index contributed by atoms with van der Waals surface area (Å²) in [6.07, 6.45) is 3.78. The Balaban J connectivity index is 2.77. The quantitative estimate of drug-likeness (QED) is 0.527. The molecule has 0 atom stereocenters. The number of halogens is 2. The van der Waals surface area contributed by atoms with Crippen molar-refractivity contribution in [3.05, 3.63) is 22.1 Å². The summed E-state index contributed by atoms with van der Waals surface area (Å²) in [7, 11) is 11.4. The molecule has 0 aromatic carbocycles. The number of hydrogen-bond donors (Lipinski definition) is 0. The molecule has 1 aliphatic rings. The Bertz CT molecular complexity index is 112. The van der Waals surface area contributed by atoms with E-state index in [4.69, 9.17) is 20.2 Å². The molecular weight excluding hydrogens is 198 g/mol. The zero-order chi connectivity index (χ0) is 5.33. The summed E-state index contributed by atoms with van der Waals surface area (Å²) in [6.45, 7) is 0. The maximum atomic E-state index is 5.72. The molecular formula is C4H4Cl2Se. The van der Waals surface area contributed by atoms with Crippen LogP contribution in [0.1, 0.15) is 0 Å². The molecule has 1 aliphatic heterocycles. The van der Waals surface area contributed by atoms with E-state index in [0.717, 1.165) is 0 Å². The molecule has 40 valence electrons. The van der Waals surface area contributed by atoms with Crippen molar-refractivity contribution < 1.29 is 0 Å². The van der Waals surface area contributed by atoms with Crippen LogP contribution in [0, 0.1) is 0 Å². The van der Waals surface area contributed by atoms with Crippen molar-refractivity contribution in [1.82, 2.24) is 0 Å². The van der Waals surface area contributed by atoms with Crippen LogP contribution in [0.4, 0.5) is 0 Å². The van der Waals surface area contributed by atoms with Crippen LogP contribution < -0.4 is 0 Å². The molecule has 0 spiro atoms. The van der Waals surface area contributed by atoms with Crippen molar-refractivity contribution in [2.24, 2.45) is 0 Å². The molecule has 0 N–H and O–H groups in total. The first kappa shape index (κ1) is 5.71. The summed E-state index contributed by atoms with van der Waals surface area (Å²) < 4.78 is 0. The molecule has 0 bridgehead atoms. The third-order valence-electron chi connectivity index (χ3n) is 0.631. The van der Waals surface area contributed by atoms with Gasteiger partial charge in [0.05, 0.1) is 0 Å². The Morgan fingerprint density at radius 1 is 1.00 bits per heavy atom. The van der Waals surface area contributed by atoms with Crippen LogP contribution in [0.5, 0.6) is 0 Å². The number of allylic oxidation sites excluding steroid dienone is 2. The van der Waals surface area contributed by atoms with Crippen molar-refractivity contribution in [2.75, 3.05) is 0 Å². The van der Waals surface area contributed by atoms with E-state index in [9.17, 15) is 0 Å². The average Bonchev–Trinajstić information content (AvgIpc) is 1.84. The third-order valence-corrected chi connectivity index (χ3v) is 4.95. The zero-order valence-electron chi connectivity index (χ0n) is 3.47. The van der Waals surface area contributed by atoms with Gasteiger partial charge in [-0.3, -0.25) is 0 Å². The van der Waals surface area contributed by atoms with E-state index in [1.807, 2.05) is 22.1 Å². The fraction of sp³-hybridized carbons (Fsp3) is 0. The molecule has 3 heteroatoms. The minimum atomic E-state index is -2.11. The van der Waals surface area contributed by atoms with Crippen LogP contribution in [0.2, 0.25) is 0 Å². The van der Waals surface area contributed by atoms with Gasteiger partial charge in [0.15, 0.2) is 0 Å². The Morgan fingerprint density at radius 2 is 1.43 bits per heavy atom. The molecule has 0 aromatic heterocycles. The standard InChI is InChI=1S/C4H4Cl2Se/c5-7(6)3-1-2-4-7/h1-4H. The monoisotopic (exact) mass is 202 g/mol. The van der Waals surface area contributed by atoms with Crippen LogP contribution in [-0.4, -0.2) is 11.0 Å². The van der Waals surface area contributed by atoms with E-state index in [0.29, 0.717) is 0 Å². The Morgan fingerprint density at radius 3 is 1.57 bits per heavy atom. The van der Waals surface area contributed by atoms with Crippen LogP contribution in [0.25, 0.3) is 0 Å². The Hall–Kier alpha value is 0.579. The van der Waals surface area contributed by atoms with Crippen LogP contribution in [0.15, 0.2) is 22.1 Å². The summed E-state index contributed by atoms with van der Waals surface area (Å²) in [6, 6.07) is 0. The number of hydrogen-bond acceptors (Lipinski definition) is 0. The first-order chi connectivity index (χ1) is 3.21. The van der Waals surface area contributed by atoms with Gasteiger partial charge in [0, 0.05) is 0 Å². The van der Waals surface area contributed by atoms with Crippen LogP contribution >= 0.6 is 20.2 Å². The van der Waals surface area contributed by atoms with Crippen LogP contribution in [0.3, 0.4) is 0 Å². The predicted octanol–water partition coefficient (Wildman–Crippen LogP) is 2.11. The van der Waals surface area contributed by atoms with Gasteiger partial charge in [0.25, 0.3) is 0 Å². The van der Waals surface area contributed by atoms with Gasteiger partial charge >= 0.3 is 53.3 Å². The molecule has 0 saturated carbocycles. The van der Waals surface area contributed by atoms with Crippen molar-refractivity contribution >= 4 is 31.2 Å². The molecule has 0 aromatic rings. The van der Waals surface area contributed by atoms with Crippen molar-refractivity contribution in [3.63, 3.8) is 0 Å². The predicted molar refractivity (Wildman–Crippen MR) is 35.7 cm³/mol. The van der Waals surface area contributed by atoms with E-state index in [1.54, 1.807) is 0 Å². The molecule has 0 radical (unpaired) electrons. The van der Waals surface area contributed by atoms with Gasteiger partial charge in [-0.2, -0.15) is 0 Å². The summed E-state index contributed by atoms with van der Waals surface area (Å²) in [5, 5.41) is 0.